The van der Waals surface area contributed by atoms with Gasteiger partial charge in [-0.2, -0.15) is 0 Å². The molecular weight excluding hydrogens is 192 g/mol. The zero-order chi connectivity index (χ0) is 11.0. The number of benzene rings is 1. The van der Waals surface area contributed by atoms with Gasteiger partial charge in [0.1, 0.15) is 0 Å². The van der Waals surface area contributed by atoms with Crippen LogP contribution in [0.2, 0.25) is 0 Å². The van der Waals surface area contributed by atoms with Gasteiger partial charge in [0, 0.05) is 0 Å². The van der Waals surface area contributed by atoms with Crippen LogP contribution in [0.5, 0.6) is 0 Å². The van der Waals surface area contributed by atoms with Crippen LogP contribution in [0.15, 0.2) is 24.3 Å². The predicted octanol–water partition coefficient (Wildman–Crippen LogP) is 4.23. The molecule has 3 unspecified atom stereocenters. The van der Waals surface area contributed by atoms with E-state index < -0.39 is 0 Å². The summed E-state index contributed by atoms with van der Waals surface area (Å²) in [5.74, 6) is 3.01. The highest BCUT2D eigenvalue weighted by Crippen LogP contribution is 2.42. The largest absolute Gasteiger partial charge is 0.0651 e. The topological polar surface area (TPSA) is 0 Å². The van der Waals surface area contributed by atoms with Crippen molar-refractivity contribution < 1.29 is 0 Å². The SMILES string of the molecule is CCC1CCC2Cc3ccccc3CC2C1. The third-order valence-electron chi connectivity index (χ3n) is 4.91. The van der Waals surface area contributed by atoms with E-state index in [1.807, 2.05) is 0 Å². The molecule has 86 valence electrons. The highest BCUT2D eigenvalue weighted by Gasteiger charge is 2.33. The standard InChI is InChI=1S/C16H22/c1-2-12-7-8-15-10-13-5-3-4-6-14(13)11-16(15)9-12/h3-6,12,15-16H,2,7-11H2,1H3. The average molecular weight is 214 g/mol. The molecule has 1 fully saturated rings. The molecule has 0 heterocycles. The maximum atomic E-state index is 2.36. The zero-order valence-electron chi connectivity index (χ0n) is 10.3. The number of hydrogen-bond acceptors (Lipinski definition) is 0. The Balaban J connectivity index is 1.81. The smallest absolute Gasteiger partial charge is 0.0245 e. The van der Waals surface area contributed by atoms with E-state index in [1.165, 1.54) is 38.5 Å². The first-order valence-corrected chi connectivity index (χ1v) is 6.93. The molecule has 16 heavy (non-hydrogen) atoms. The van der Waals surface area contributed by atoms with Crippen LogP contribution in [0.25, 0.3) is 0 Å². The second-order valence-corrected chi connectivity index (χ2v) is 5.78. The molecule has 1 aromatic rings. The Bertz CT molecular complexity index is 366. The van der Waals surface area contributed by atoms with Gasteiger partial charge in [-0.15, -0.1) is 0 Å². The summed E-state index contributed by atoms with van der Waals surface area (Å²) in [5.41, 5.74) is 3.28. The molecule has 0 bridgehead atoms. The lowest BCUT2D eigenvalue weighted by molar-refractivity contribution is 0.164. The fourth-order valence-corrected chi connectivity index (χ4v) is 3.83. The van der Waals surface area contributed by atoms with E-state index >= 15 is 0 Å². The summed E-state index contributed by atoms with van der Waals surface area (Å²) < 4.78 is 0. The summed E-state index contributed by atoms with van der Waals surface area (Å²) in [7, 11) is 0. The van der Waals surface area contributed by atoms with Crippen molar-refractivity contribution >= 4 is 0 Å². The van der Waals surface area contributed by atoms with Gasteiger partial charge in [0.2, 0.25) is 0 Å². The van der Waals surface area contributed by atoms with Crippen molar-refractivity contribution in [2.75, 3.05) is 0 Å². The van der Waals surface area contributed by atoms with Gasteiger partial charge >= 0.3 is 0 Å². The van der Waals surface area contributed by atoms with E-state index in [0.29, 0.717) is 0 Å². The molecule has 2 aliphatic rings. The van der Waals surface area contributed by atoms with Gasteiger partial charge in [0.25, 0.3) is 0 Å². The van der Waals surface area contributed by atoms with Gasteiger partial charge in [-0.25, -0.2) is 0 Å². The molecule has 2 aliphatic carbocycles. The van der Waals surface area contributed by atoms with Crippen molar-refractivity contribution in [2.45, 2.75) is 45.4 Å². The average Bonchev–Trinajstić information content (AvgIpc) is 2.35. The minimum Gasteiger partial charge on any atom is -0.0651 e. The van der Waals surface area contributed by atoms with E-state index in [1.54, 1.807) is 11.1 Å². The second kappa shape index (κ2) is 4.24. The van der Waals surface area contributed by atoms with Crippen LogP contribution in [-0.2, 0) is 12.8 Å². The van der Waals surface area contributed by atoms with Crippen LogP contribution in [-0.4, -0.2) is 0 Å². The highest BCUT2D eigenvalue weighted by atomic mass is 14.4. The summed E-state index contributed by atoms with van der Waals surface area (Å²) in [6.07, 6.45) is 8.58. The zero-order valence-corrected chi connectivity index (χ0v) is 10.3. The third-order valence-corrected chi connectivity index (χ3v) is 4.91. The van der Waals surface area contributed by atoms with Crippen molar-refractivity contribution in [2.24, 2.45) is 17.8 Å². The van der Waals surface area contributed by atoms with E-state index in [4.69, 9.17) is 0 Å². The summed E-state index contributed by atoms with van der Waals surface area (Å²) >= 11 is 0. The van der Waals surface area contributed by atoms with Crippen molar-refractivity contribution in [1.29, 1.82) is 0 Å². The Labute approximate surface area is 99.1 Å². The Kier molecular flexibility index (Phi) is 2.75. The normalized spacial score (nSPS) is 32.9. The molecule has 0 spiro atoms. The fraction of sp³-hybridized carbons (Fsp3) is 0.625. The van der Waals surface area contributed by atoms with Gasteiger partial charge in [0.15, 0.2) is 0 Å². The molecule has 0 aromatic heterocycles. The van der Waals surface area contributed by atoms with Crippen molar-refractivity contribution in [3.63, 3.8) is 0 Å². The van der Waals surface area contributed by atoms with Crippen LogP contribution in [0.3, 0.4) is 0 Å². The molecule has 0 amide bonds. The molecule has 3 rings (SSSR count). The minimum absolute atomic E-state index is 0.994. The van der Waals surface area contributed by atoms with Crippen LogP contribution >= 0.6 is 0 Å². The quantitative estimate of drug-likeness (QED) is 0.656. The molecule has 1 aromatic carbocycles. The lowest BCUT2D eigenvalue weighted by Crippen LogP contribution is -2.31. The lowest BCUT2D eigenvalue weighted by Gasteiger charge is -2.40. The first-order valence-electron chi connectivity index (χ1n) is 6.93. The molecule has 0 heteroatoms. The highest BCUT2D eigenvalue weighted by molar-refractivity contribution is 5.30. The van der Waals surface area contributed by atoms with Crippen molar-refractivity contribution in [3.8, 4) is 0 Å². The van der Waals surface area contributed by atoms with Gasteiger partial charge < -0.3 is 0 Å². The predicted molar refractivity (Wildman–Crippen MR) is 68.5 cm³/mol. The van der Waals surface area contributed by atoms with Gasteiger partial charge in [-0.1, -0.05) is 44.0 Å². The monoisotopic (exact) mass is 214 g/mol. The second-order valence-electron chi connectivity index (χ2n) is 5.78. The van der Waals surface area contributed by atoms with E-state index in [0.717, 1.165) is 17.8 Å². The van der Waals surface area contributed by atoms with Crippen molar-refractivity contribution in [3.05, 3.63) is 35.4 Å². The number of hydrogen-bond donors (Lipinski definition) is 0. The molecule has 0 nitrogen and oxygen atoms in total. The molecule has 1 saturated carbocycles. The van der Waals surface area contributed by atoms with Gasteiger partial charge in [-0.3, -0.25) is 0 Å². The number of rotatable bonds is 1. The van der Waals surface area contributed by atoms with Crippen molar-refractivity contribution in [1.82, 2.24) is 0 Å². The Morgan fingerprint density at radius 2 is 1.69 bits per heavy atom. The lowest BCUT2D eigenvalue weighted by atomic mass is 9.65. The minimum atomic E-state index is 0.994. The van der Waals surface area contributed by atoms with Crippen LogP contribution in [0, 0.1) is 17.8 Å². The molecule has 3 atom stereocenters. The maximum absolute atomic E-state index is 2.36. The summed E-state index contributed by atoms with van der Waals surface area (Å²) in [4.78, 5) is 0. The maximum Gasteiger partial charge on any atom is -0.0245 e. The van der Waals surface area contributed by atoms with Gasteiger partial charge in [0.05, 0.1) is 0 Å². The van der Waals surface area contributed by atoms with Gasteiger partial charge in [-0.05, 0) is 54.6 Å². The summed E-state index contributed by atoms with van der Waals surface area (Å²) in [6.45, 7) is 2.36. The van der Waals surface area contributed by atoms with E-state index in [2.05, 4.69) is 31.2 Å². The molecular formula is C16H22. The Morgan fingerprint density at radius 3 is 2.38 bits per heavy atom. The summed E-state index contributed by atoms with van der Waals surface area (Å²) in [5, 5.41) is 0. The van der Waals surface area contributed by atoms with Crippen LogP contribution in [0.1, 0.15) is 43.7 Å². The molecule has 0 radical (unpaired) electrons. The number of fused-ring (bicyclic) bond motifs is 2. The fourth-order valence-electron chi connectivity index (χ4n) is 3.83. The molecule has 0 saturated heterocycles. The Hall–Kier alpha value is -0.780. The van der Waals surface area contributed by atoms with Crippen LogP contribution in [0.4, 0.5) is 0 Å². The first-order chi connectivity index (χ1) is 7.86. The van der Waals surface area contributed by atoms with E-state index in [9.17, 15) is 0 Å². The summed E-state index contributed by atoms with van der Waals surface area (Å²) in [6, 6.07) is 9.11. The van der Waals surface area contributed by atoms with E-state index in [-0.39, 0.29) is 0 Å². The molecule has 0 aliphatic heterocycles. The first kappa shape index (κ1) is 10.4. The molecule has 0 N–H and O–H groups in total. The van der Waals surface area contributed by atoms with Crippen LogP contribution < -0.4 is 0 Å². The third kappa shape index (κ3) is 1.79. The Morgan fingerprint density at radius 1 is 1.00 bits per heavy atom.